The van der Waals surface area contributed by atoms with Gasteiger partial charge in [-0.05, 0) is 35.7 Å². The molecule has 0 aliphatic carbocycles. The van der Waals surface area contributed by atoms with Crippen LogP contribution in [0.25, 0.3) is 0 Å². The van der Waals surface area contributed by atoms with Crippen LogP contribution in [0.2, 0.25) is 0 Å². The molecule has 2 aromatic carbocycles. The number of sulfonamides is 1. The van der Waals surface area contributed by atoms with E-state index in [2.05, 4.69) is 20.7 Å². The van der Waals surface area contributed by atoms with Gasteiger partial charge in [-0.15, -0.1) is 0 Å². The Balaban J connectivity index is 2.04. The SMILES string of the molecule is C[C@@H](CNS(=O)(=O)c1ccc(Br)cc1)c1ccccc1. The Bertz CT molecular complexity index is 654. The molecule has 0 aliphatic heterocycles. The molecular weight excluding hydrogens is 338 g/mol. The van der Waals surface area contributed by atoms with Crippen LogP contribution in [0.5, 0.6) is 0 Å². The van der Waals surface area contributed by atoms with Crippen molar-refractivity contribution in [2.75, 3.05) is 6.54 Å². The van der Waals surface area contributed by atoms with Gasteiger partial charge < -0.3 is 0 Å². The van der Waals surface area contributed by atoms with E-state index >= 15 is 0 Å². The smallest absolute Gasteiger partial charge is 0.211 e. The Hall–Kier alpha value is -1.17. The molecule has 20 heavy (non-hydrogen) atoms. The van der Waals surface area contributed by atoms with Gasteiger partial charge >= 0.3 is 0 Å². The Morgan fingerprint density at radius 2 is 1.65 bits per heavy atom. The zero-order valence-electron chi connectivity index (χ0n) is 11.1. The summed E-state index contributed by atoms with van der Waals surface area (Å²) in [7, 11) is -3.45. The summed E-state index contributed by atoms with van der Waals surface area (Å²) in [6, 6.07) is 16.5. The van der Waals surface area contributed by atoms with E-state index in [-0.39, 0.29) is 10.8 Å². The van der Waals surface area contributed by atoms with E-state index in [9.17, 15) is 8.42 Å². The minimum Gasteiger partial charge on any atom is -0.211 e. The molecule has 0 aromatic heterocycles. The zero-order valence-corrected chi connectivity index (χ0v) is 13.5. The molecule has 0 spiro atoms. The fourth-order valence-electron chi connectivity index (χ4n) is 1.83. The third kappa shape index (κ3) is 3.91. The molecule has 0 unspecified atom stereocenters. The molecule has 0 saturated carbocycles. The molecule has 0 aliphatic rings. The van der Waals surface area contributed by atoms with Crippen LogP contribution >= 0.6 is 15.9 Å². The first-order valence-corrected chi connectivity index (χ1v) is 8.57. The molecule has 3 nitrogen and oxygen atoms in total. The van der Waals surface area contributed by atoms with Crippen molar-refractivity contribution < 1.29 is 8.42 Å². The topological polar surface area (TPSA) is 46.2 Å². The molecule has 1 N–H and O–H groups in total. The van der Waals surface area contributed by atoms with Crippen molar-refractivity contribution in [2.24, 2.45) is 0 Å². The van der Waals surface area contributed by atoms with E-state index in [0.29, 0.717) is 6.54 Å². The molecular formula is C15H16BrNO2S. The first-order chi connectivity index (χ1) is 9.49. The maximum absolute atomic E-state index is 12.2. The van der Waals surface area contributed by atoms with E-state index in [4.69, 9.17) is 0 Å². The quantitative estimate of drug-likeness (QED) is 0.893. The number of benzene rings is 2. The molecule has 0 amide bonds. The normalized spacial score (nSPS) is 13.1. The predicted molar refractivity (Wildman–Crippen MR) is 84.2 cm³/mol. The average molecular weight is 354 g/mol. The van der Waals surface area contributed by atoms with Crippen molar-refractivity contribution in [2.45, 2.75) is 17.7 Å². The molecule has 0 radical (unpaired) electrons. The monoisotopic (exact) mass is 353 g/mol. The predicted octanol–water partition coefficient (Wildman–Crippen LogP) is 3.53. The minimum absolute atomic E-state index is 0.126. The summed E-state index contributed by atoms with van der Waals surface area (Å²) in [4.78, 5) is 0.279. The lowest BCUT2D eigenvalue weighted by Gasteiger charge is -2.13. The number of nitrogens with one attached hydrogen (secondary N) is 1. The maximum Gasteiger partial charge on any atom is 0.240 e. The Morgan fingerprint density at radius 1 is 1.05 bits per heavy atom. The molecule has 0 fully saturated rings. The van der Waals surface area contributed by atoms with Crippen LogP contribution in [-0.2, 0) is 10.0 Å². The average Bonchev–Trinajstić information content (AvgIpc) is 2.46. The van der Waals surface area contributed by atoms with Crippen LogP contribution in [0.15, 0.2) is 64.0 Å². The maximum atomic E-state index is 12.2. The summed E-state index contributed by atoms with van der Waals surface area (Å²) in [6.45, 7) is 2.38. The van der Waals surface area contributed by atoms with E-state index in [1.807, 2.05) is 37.3 Å². The van der Waals surface area contributed by atoms with Gasteiger partial charge in [0, 0.05) is 11.0 Å². The first-order valence-electron chi connectivity index (χ1n) is 6.29. The Kier molecular flexibility index (Phi) is 4.96. The summed E-state index contributed by atoms with van der Waals surface area (Å²) in [5.74, 6) is 0.126. The molecule has 2 rings (SSSR count). The number of halogens is 1. The van der Waals surface area contributed by atoms with Crippen LogP contribution in [0, 0.1) is 0 Å². The van der Waals surface area contributed by atoms with Crippen LogP contribution in [0.1, 0.15) is 18.4 Å². The summed E-state index contributed by atoms with van der Waals surface area (Å²) < 4.78 is 27.8. The summed E-state index contributed by atoms with van der Waals surface area (Å²) >= 11 is 3.29. The van der Waals surface area contributed by atoms with Crippen LogP contribution in [0.3, 0.4) is 0 Å². The van der Waals surface area contributed by atoms with Crippen molar-refractivity contribution in [3.8, 4) is 0 Å². The lowest BCUT2D eigenvalue weighted by molar-refractivity contribution is 0.575. The molecule has 106 valence electrons. The van der Waals surface area contributed by atoms with E-state index in [1.165, 1.54) is 0 Å². The van der Waals surface area contributed by atoms with Gasteiger partial charge in [0.1, 0.15) is 0 Å². The first kappa shape index (κ1) is 15.2. The van der Waals surface area contributed by atoms with Crippen molar-refractivity contribution in [1.29, 1.82) is 0 Å². The fourth-order valence-corrected chi connectivity index (χ4v) is 3.23. The highest BCUT2D eigenvalue weighted by Crippen LogP contribution is 2.17. The number of hydrogen-bond donors (Lipinski definition) is 1. The van der Waals surface area contributed by atoms with Crippen molar-refractivity contribution >= 4 is 26.0 Å². The van der Waals surface area contributed by atoms with Crippen molar-refractivity contribution in [3.05, 3.63) is 64.6 Å². The van der Waals surface area contributed by atoms with Gasteiger partial charge in [0.15, 0.2) is 0 Å². The van der Waals surface area contributed by atoms with Crippen LogP contribution in [-0.4, -0.2) is 15.0 Å². The standard InChI is InChI=1S/C15H16BrNO2S/c1-12(13-5-3-2-4-6-13)11-17-20(18,19)15-9-7-14(16)8-10-15/h2-10,12,17H,11H2,1H3/t12-/m0/s1. The van der Waals surface area contributed by atoms with Gasteiger partial charge in [0.25, 0.3) is 0 Å². The third-order valence-corrected chi connectivity index (χ3v) is 5.04. The Labute approximate surface area is 128 Å². The van der Waals surface area contributed by atoms with Crippen molar-refractivity contribution in [1.82, 2.24) is 4.72 Å². The van der Waals surface area contributed by atoms with Gasteiger partial charge in [-0.2, -0.15) is 0 Å². The molecule has 1 atom stereocenters. The van der Waals surface area contributed by atoms with Gasteiger partial charge in [-0.3, -0.25) is 0 Å². The largest absolute Gasteiger partial charge is 0.240 e. The van der Waals surface area contributed by atoms with E-state index in [0.717, 1.165) is 10.0 Å². The molecule has 2 aromatic rings. The lowest BCUT2D eigenvalue weighted by Crippen LogP contribution is -2.27. The van der Waals surface area contributed by atoms with Gasteiger partial charge in [0.05, 0.1) is 4.90 Å². The molecule has 0 saturated heterocycles. The second kappa shape index (κ2) is 6.52. The second-order valence-electron chi connectivity index (χ2n) is 4.62. The summed E-state index contributed by atoms with van der Waals surface area (Å²) in [5.41, 5.74) is 1.12. The van der Waals surface area contributed by atoms with Crippen LogP contribution in [0.4, 0.5) is 0 Å². The molecule has 0 heterocycles. The van der Waals surface area contributed by atoms with Crippen LogP contribution < -0.4 is 4.72 Å². The highest BCUT2D eigenvalue weighted by atomic mass is 79.9. The highest BCUT2D eigenvalue weighted by molar-refractivity contribution is 9.10. The second-order valence-corrected chi connectivity index (χ2v) is 7.30. The van der Waals surface area contributed by atoms with Gasteiger partial charge in [-0.1, -0.05) is 53.2 Å². The molecule has 0 bridgehead atoms. The number of rotatable bonds is 5. The van der Waals surface area contributed by atoms with Gasteiger partial charge in [0.2, 0.25) is 10.0 Å². The van der Waals surface area contributed by atoms with Crippen molar-refractivity contribution in [3.63, 3.8) is 0 Å². The fraction of sp³-hybridized carbons (Fsp3) is 0.200. The third-order valence-electron chi connectivity index (χ3n) is 3.07. The summed E-state index contributed by atoms with van der Waals surface area (Å²) in [6.07, 6.45) is 0. The minimum atomic E-state index is -3.45. The zero-order chi connectivity index (χ0) is 14.6. The highest BCUT2D eigenvalue weighted by Gasteiger charge is 2.15. The number of hydrogen-bond acceptors (Lipinski definition) is 2. The van der Waals surface area contributed by atoms with Gasteiger partial charge in [-0.25, -0.2) is 13.1 Å². The van der Waals surface area contributed by atoms with E-state index in [1.54, 1.807) is 24.3 Å². The summed E-state index contributed by atoms with van der Waals surface area (Å²) in [5, 5.41) is 0. The van der Waals surface area contributed by atoms with E-state index < -0.39 is 10.0 Å². The molecule has 5 heteroatoms. The Morgan fingerprint density at radius 3 is 2.25 bits per heavy atom. The lowest BCUT2D eigenvalue weighted by atomic mass is 10.0.